The van der Waals surface area contributed by atoms with E-state index in [1.54, 1.807) is 45.0 Å². The average molecular weight is 357 g/mol. The van der Waals surface area contributed by atoms with Gasteiger partial charge in [0, 0.05) is 12.3 Å². The van der Waals surface area contributed by atoms with Crippen molar-refractivity contribution in [1.82, 2.24) is 4.90 Å². The Morgan fingerprint density at radius 2 is 1.73 bits per heavy atom. The minimum absolute atomic E-state index is 0.0789. The molecule has 2 aliphatic rings. The van der Waals surface area contributed by atoms with Crippen LogP contribution >= 0.6 is 0 Å². The topological polar surface area (TPSA) is 80.8 Å². The summed E-state index contributed by atoms with van der Waals surface area (Å²) in [6.45, 7) is 5.18. The predicted octanol–water partition coefficient (Wildman–Crippen LogP) is 2.75. The van der Waals surface area contributed by atoms with E-state index in [0.717, 1.165) is 11.3 Å². The van der Waals surface area contributed by atoms with Crippen LogP contribution in [0.2, 0.25) is 0 Å². The van der Waals surface area contributed by atoms with E-state index < -0.39 is 29.4 Å². The molecule has 3 rings (SSSR count). The molecule has 1 aliphatic carbocycles. The maximum Gasteiger partial charge on any atom is 0.329 e. The van der Waals surface area contributed by atoms with Crippen LogP contribution in [0.15, 0.2) is 24.3 Å². The van der Waals surface area contributed by atoms with Gasteiger partial charge in [-0.1, -0.05) is 12.1 Å². The second-order valence-corrected chi connectivity index (χ2v) is 7.87. The van der Waals surface area contributed by atoms with Crippen LogP contribution in [-0.2, 0) is 14.3 Å². The summed E-state index contributed by atoms with van der Waals surface area (Å²) in [6.07, 6.45) is 2.04. The largest absolute Gasteiger partial charge is 0.458 e. The minimum Gasteiger partial charge on any atom is -0.458 e. The zero-order chi connectivity index (χ0) is 19.1. The maximum absolute atomic E-state index is 12.8. The first kappa shape index (κ1) is 18.3. The molecule has 1 fully saturated rings. The van der Waals surface area contributed by atoms with Gasteiger partial charge in [0.15, 0.2) is 0 Å². The lowest BCUT2D eigenvalue weighted by Crippen LogP contribution is -2.48. The lowest BCUT2D eigenvalue weighted by atomic mass is 9.96. The Morgan fingerprint density at radius 3 is 2.19 bits per heavy atom. The van der Waals surface area contributed by atoms with Gasteiger partial charge in [0.05, 0.1) is 11.1 Å². The van der Waals surface area contributed by atoms with Gasteiger partial charge >= 0.3 is 5.97 Å². The number of hydrogen-bond acceptors (Lipinski definition) is 5. The van der Waals surface area contributed by atoms with E-state index in [-0.39, 0.29) is 29.2 Å². The number of esters is 1. The first-order chi connectivity index (χ1) is 12.2. The first-order valence-electron chi connectivity index (χ1n) is 8.91. The summed E-state index contributed by atoms with van der Waals surface area (Å²) >= 11 is 0. The molecule has 6 heteroatoms. The van der Waals surface area contributed by atoms with Crippen LogP contribution in [0.4, 0.5) is 0 Å². The van der Waals surface area contributed by atoms with Gasteiger partial charge in [-0.05, 0) is 52.2 Å². The number of fused-ring (bicyclic) bond motifs is 1. The quantitative estimate of drug-likeness (QED) is 0.611. The third kappa shape index (κ3) is 3.41. The monoisotopic (exact) mass is 357 g/mol. The van der Waals surface area contributed by atoms with Crippen molar-refractivity contribution < 1.29 is 23.9 Å². The number of carbonyl (C=O) groups excluding carboxylic acids is 4. The summed E-state index contributed by atoms with van der Waals surface area (Å²) < 4.78 is 5.46. The number of carbonyl (C=O) groups is 4. The highest BCUT2D eigenvalue weighted by atomic mass is 16.6. The molecule has 1 saturated carbocycles. The summed E-state index contributed by atoms with van der Waals surface area (Å²) in [5, 5.41) is 0. The lowest BCUT2D eigenvalue weighted by Gasteiger charge is -2.29. The third-order valence-electron chi connectivity index (χ3n) is 4.75. The van der Waals surface area contributed by atoms with E-state index >= 15 is 0 Å². The van der Waals surface area contributed by atoms with Crippen LogP contribution in [0.25, 0.3) is 0 Å². The first-order valence-corrected chi connectivity index (χ1v) is 8.91. The predicted molar refractivity (Wildman–Crippen MR) is 93.5 cm³/mol. The van der Waals surface area contributed by atoms with E-state index in [4.69, 9.17) is 4.74 Å². The normalized spacial score (nSPS) is 21.1. The van der Waals surface area contributed by atoms with E-state index in [0.29, 0.717) is 12.8 Å². The van der Waals surface area contributed by atoms with Crippen molar-refractivity contribution in [2.75, 3.05) is 0 Å². The van der Waals surface area contributed by atoms with E-state index in [1.807, 2.05) is 0 Å². The highest BCUT2D eigenvalue weighted by Crippen LogP contribution is 2.32. The summed E-state index contributed by atoms with van der Waals surface area (Å²) in [7, 11) is 0. The zero-order valence-electron chi connectivity index (χ0n) is 15.3. The SMILES string of the molecule is CC(C)(C)OC(=O)[C@H](CC1CCCC1=O)N1C(=O)c2ccccc2C1=O. The molecule has 1 aromatic rings. The smallest absolute Gasteiger partial charge is 0.329 e. The molecular formula is C20H23NO5. The highest BCUT2D eigenvalue weighted by Gasteiger charge is 2.45. The van der Waals surface area contributed by atoms with Crippen molar-refractivity contribution in [3.05, 3.63) is 35.4 Å². The van der Waals surface area contributed by atoms with Gasteiger partial charge in [0.25, 0.3) is 11.8 Å². The molecule has 2 amide bonds. The number of hydrogen-bond donors (Lipinski definition) is 0. The van der Waals surface area contributed by atoms with Crippen LogP contribution in [0.3, 0.4) is 0 Å². The molecule has 6 nitrogen and oxygen atoms in total. The molecule has 2 atom stereocenters. The minimum atomic E-state index is -1.09. The Labute approximate surface area is 152 Å². The summed E-state index contributed by atoms with van der Waals surface area (Å²) in [5.41, 5.74) is -0.194. The van der Waals surface area contributed by atoms with Gasteiger partial charge in [-0.3, -0.25) is 19.3 Å². The average Bonchev–Trinajstić information content (AvgIpc) is 3.06. The van der Waals surface area contributed by atoms with E-state index in [2.05, 4.69) is 0 Å². The number of amides is 2. The fourth-order valence-corrected chi connectivity index (χ4v) is 3.57. The maximum atomic E-state index is 12.8. The van der Waals surface area contributed by atoms with Crippen molar-refractivity contribution in [3.8, 4) is 0 Å². The Morgan fingerprint density at radius 1 is 1.15 bits per heavy atom. The van der Waals surface area contributed by atoms with Crippen molar-refractivity contribution >= 4 is 23.6 Å². The molecule has 1 unspecified atom stereocenters. The molecule has 138 valence electrons. The van der Waals surface area contributed by atoms with Crippen molar-refractivity contribution in [1.29, 1.82) is 0 Å². The zero-order valence-corrected chi connectivity index (χ0v) is 15.3. The Hall–Kier alpha value is -2.50. The third-order valence-corrected chi connectivity index (χ3v) is 4.75. The van der Waals surface area contributed by atoms with Gasteiger partial charge in [-0.2, -0.15) is 0 Å². The lowest BCUT2D eigenvalue weighted by molar-refractivity contribution is -0.160. The molecule has 26 heavy (non-hydrogen) atoms. The summed E-state index contributed by atoms with van der Waals surface area (Å²) in [5.74, 6) is -1.91. The van der Waals surface area contributed by atoms with Gasteiger partial charge in [0.2, 0.25) is 0 Å². The number of imide groups is 1. The molecule has 1 aliphatic heterocycles. The molecule has 0 bridgehead atoms. The number of benzene rings is 1. The number of ether oxygens (including phenoxy) is 1. The van der Waals surface area contributed by atoms with Gasteiger partial charge in [-0.25, -0.2) is 4.79 Å². The fraction of sp³-hybridized carbons (Fsp3) is 0.500. The number of Topliss-reactive ketones (excluding diaryl/α,β-unsaturated/α-hetero) is 1. The van der Waals surface area contributed by atoms with Crippen molar-refractivity contribution in [2.24, 2.45) is 5.92 Å². The standard InChI is InChI=1S/C20H23NO5/c1-20(2,3)26-19(25)15(11-12-7-6-10-16(12)22)21-17(23)13-8-4-5-9-14(13)18(21)24/h4-5,8-9,12,15H,6-7,10-11H2,1-3H3/t12?,15-/m0/s1. The number of nitrogens with zero attached hydrogens (tertiary/aromatic N) is 1. The number of ketones is 1. The second kappa shape index (κ2) is 6.67. The fourth-order valence-electron chi connectivity index (χ4n) is 3.57. The van der Waals surface area contributed by atoms with Gasteiger partial charge in [-0.15, -0.1) is 0 Å². The Balaban J connectivity index is 1.93. The van der Waals surface area contributed by atoms with E-state index in [1.165, 1.54) is 0 Å². The van der Waals surface area contributed by atoms with Crippen LogP contribution in [0.5, 0.6) is 0 Å². The summed E-state index contributed by atoms with van der Waals surface area (Å²) in [4.78, 5) is 51.4. The van der Waals surface area contributed by atoms with Crippen LogP contribution < -0.4 is 0 Å². The number of rotatable bonds is 4. The Bertz CT molecular complexity index is 742. The second-order valence-electron chi connectivity index (χ2n) is 7.87. The van der Waals surface area contributed by atoms with Crippen LogP contribution in [0.1, 0.15) is 67.2 Å². The molecule has 1 aromatic carbocycles. The van der Waals surface area contributed by atoms with E-state index in [9.17, 15) is 19.2 Å². The van der Waals surface area contributed by atoms with Crippen molar-refractivity contribution in [2.45, 2.75) is 58.1 Å². The molecular weight excluding hydrogens is 334 g/mol. The Kier molecular flexibility index (Phi) is 4.69. The molecule has 0 aromatic heterocycles. The van der Waals surface area contributed by atoms with Crippen LogP contribution in [-0.4, -0.2) is 40.1 Å². The molecule has 0 spiro atoms. The molecule has 1 heterocycles. The van der Waals surface area contributed by atoms with Crippen molar-refractivity contribution in [3.63, 3.8) is 0 Å². The highest BCUT2D eigenvalue weighted by molar-refractivity contribution is 6.22. The van der Waals surface area contributed by atoms with Gasteiger partial charge in [0.1, 0.15) is 17.4 Å². The molecule has 0 N–H and O–H groups in total. The van der Waals surface area contributed by atoms with Crippen LogP contribution in [0, 0.1) is 5.92 Å². The van der Waals surface area contributed by atoms with Gasteiger partial charge < -0.3 is 4.74 Å². The molecule has 0 saturated heterocycles. The summed E-state index contributed by atoms with van der Waals surface area (Å²) in [6, 6.07) is 5.41. The molecule has 0 radical (unpaired) electrons.